The molecule has 0 atom stereocenters. The highest BCUT2D eigenvalue weighted by Gasteiger charge is 2.15. The van der Waals surface area contributed by atoms with E-state index in [1.807, 2.05) is 31.2 Å². The number of urea groups is 1. The molecule has 2 aromatic rings. The van der Waals surface area contributed by atoms with Crippen LogP contribution in [-0.4, -0.2) is 17.1 Å². The number of carbonyl (C=O) groups excluding carboxylic acids is 1. The summed E-state index contributed by atoms with van der Waals surface area (Å²) in [5.74, 6) is 0.529. The maximum atomic E-state index is 12.0. The first-order chi connectivity index (χ1) is 12.1. The van der Waals surface area contributed by atoms with Gasteiger partial charge in [0.15, 0.2) is 0 Å². The zero-order valence-electron chi connectivity index (χ0n) is 14.3. The molecular formula is C19H23ClN4O. The lowest BCUT2D eigenvalue weighted by atomic mass is 9.96. The largest absolute Gasteiger partial charge is 0.354 e. The highest BCUT2D eigenvalue weighted by atomic mass is 35.5. The van der Waals surface area contributed by atoms with Crippen molar-refractivity contribution in [1.82, 2.24) is 10.3 Å². The van der Waals surface area contributed by atoms with Gasteiger partial charge in [0.1, 0.15) is 5.82 Å². The molecule has 6 heteroatoms. The maximum Gasteiger partial charge on any atom is 0.320 e. The van der Waals surface area contributed by atoms with Crippen LogP contribution in [0, 0.1) is 6.92 Å². The van der Waals surface area contributed by atoms with E-state index < -0.39 is 0 Å². The molecule has 1 aromatic carbocycles. The van der Waals surface area contributed by atoms with Gasteiger partial charge in [-0.1, -0.05) is 36.9 Å². The van der Waals surface area contributed by atoms with Gasteiger partial charge in [0, 0.05) is 16.8 Å². The quantitative estimate of drug-likeness (QED) is 0.700. The van der Waals surface area contributed by atoms with E-state index in [9.17, 15) is 4.79 Å². The number of amides is 2. The number of halogens is 1. The second kappa shape index (κ2) is 8.21. The number of nitrogens with zero attached hydrogens (tertiary/aromatic N) is 1. The smallest absolute Gasteiger partial charge is 0.320 e. The molecule has 1 fully saturated rings. The van der Waals surface area contributed by atoms with Crippen LogP contribution in [0.5, 0.6) is 0 Å². The van der Waals surface area contributed by atoms with Gasteiger partial charge in [-0.3, -0.25) is 5.32 Å². The van der Waals surface area contributed by atoms with E-state index in [0.717, 1.165) is 34.8 Å². The molecule has 1 heterocycles. The van der Waals surface area contributed by atoms with Crippen LogP contribution in [0.3, 0.4) is 0 Å². The minimum absolute atomic E-state index is 0.189. The van der Waals surface area contributed by atoms with E-state index in [1.54, 1.807) is 12.3 Å². The molecule has 132 valence electrons. The van der Waals surface area contributed by atoms with E-state index in [1.165, 1.54) is 19.3 Å². The average Bonchev–Trinajstić information content (AvgIpc) is 2.61. The Bertz CT molecular complexity index is 727. The molecule has 1 aliphatic carbocycles. The maximum absolute atomic E-state index is 12.0. The Morgan fingerprint density at radius 3 is 2.68 bits per heavy atom. The van der Waals surface area contributed by atoms with Crippen molar-refractivity contribution in [2.75, 3.05) is 10.6 Å². The molecule has 0 radical (unpaired) electrons. The summed E-state index contributed by atoms with van der Waals surface area (Å²) in [6.07, 6.45) is 7.45. The Labute approximate surface area is 153 Å². The molecule has 2 amide bonds. The normalized spacial score (nSPS) is 14.8. The molecule has 5 nitrogen and oxygen atoms in total. The Balaban J connectivity index is 1.56. The fourth-order valence-electron chi connectivity index (χ4n) is 3.02. The van der Waals surface area contributed by atoms with Crippen LogP contribution >= 0.6 is 11.6 Å². The van der Waals surface area contributed by atoms with Crippen molar-refractivity contribution in [2.45, 2.75) is 45.1 Å². The summed E-state index contributed by atoms with van der Waals surface area (Å²) >= 11 is 6.13. The Morgan fingerprint density at radius 2 is 1.96 bits per heavy atom. The predicted molar refractivity (Wildman–Crippen MR) is 103 cm³/mol. The first kappa shape index (κ1) is 17.5. The second-order valence-electron chi connectivity index (χ2n) is 6.40. The highest BCUT2D eigenvalue weighted by molar-refractivity contribution is 6.31. The number of benzene rings is 1. The van der Waals surface area contributed by atoms with Crippen LogP contribution in [0.4, 0.5) is 22.0 Å². The summed E-state index contributed by atoms with van der Waals surface area (Å²) in [5, 5.41) is 9.81. The molecule has 1 aliphatic rings. The topological polar surface area (TPSA) is 66.0 Å². The lowest BCUT2D eigenvalue weighted by Crippen LogP contribution is -2.39. The zero-order valence-corrected chi connectivity index (χ0v) is 15.1. The molecule has 0 saturated heterocycles. The van der Waals surface area contributed by atoms with Crippen LogP contribution in [0.15, 0.2) is 36.5 Å². The number of hydrogen-bond donors (Lipinski definition) is 3. The molecule has 3 N–H and O–H groups in total. The molecule has 0 unspecified atom stereocenters. The summed E-state index contributed by atoms with van der Waals surface area (Å²) in [4.78, 5) is 16.3. The zero-order chi connectivity index (χ0) is 17.6. The van der Waals surface area contributed by atoms with E-state index in [2.05, 4.69) is 20.9 Å². The fraction of sp³-hybridized carbons (Fsp3) is 0.368. The summed E-state index contributed by atoms with van der Waals surface area (Å²) in [6, 6.07) is 9.47. The van der Waals surface area contributed by atoms with Gasteiger partial charge in [0.2, 0.25) is 0 Å². The summed E-state index contributed by atoms with van der Waals surface area (Å²) in [7, 11) is 0. The third kappa shape index (κ3) is 4.86. The Hall–Kier alpha value is -2.27. The van der Waals surface area contributed by atoms with Gasteiger partial charge in [-0.2, -0.15) is 0 Å². The lowest BCUT2D eigenvalue weighted by Gasteiger charge is -2.22. The molecule has 0 aliphatic heterocycles. The van der Waals surface area contributed by atoms with E-state index >= 15 is 0 Å². The number of hydrogen-bond acceptors (Lipinski definition) is 3. The van der Waals surface area contributed by atoms with Crippen molar-refractivity contribution in [3.05, 3.63) is 47.1 Å². The average molecular weight is 359 g/mol. The molecule has 0 bridgehead atoms. The van der Waals surface area contributed by atoms with E-state index in [-0.39, 0.29) is 12.1 Å². The van der Waals surface area contributed by atoms with Gasteiger partial charge >= 0.3 is 6.03 Å². The Morgan fingerprint density at radius 1 is 1.16 bits per heavy atom. The third-order valence-electron chi connectivity index (χ3n) is 4.49. The van der Waals surface area contributed by atoms with Crippen LogP contribution in [0.25, 0.3) is 0 Å². The number of rotatable bonds is 4. The summed E-state index contributed by atoms with van der Waals surface area (Å²) < 4.78 is 0. The van der Waals surface area contributed by atoms with Crippen molar-refractivity contribution in [3.8, 4) is 0 Å². The predicted octanol–water partition coefficient (Wildman–Crippen LogP) is 5.24. The Kier molecular flexibility index (Phi) is 5.76. The number of anilines is 3. The number of nitrogens with one attached hydrogen (secondary N) is 3. The number of pyridine rings is 1. The number of aromatic nitrogens is 1. The molecule has 1 saturated carbocycles. The van der Waals surface area contributed by atoms with Crippen LogP contribution < -0.4 is 16.0 Å². The van der Waals surface area contributed by atoms with Crippen LogP contribution in [-0.2, 0) is 0 Å². The van der Waals surface area contributed by atoms with Crippen LogP contribution in [0.2, 0.25) is 5.02 Å². The van der Waals surface area contributed by atoms with Crippen molar-refractivity contribution in [2.24, 2.45) is 0 Å². The highest BCUT2D eigenvalue weighted by Crippen LogP contribution is 2.26. The molecule has 3 rings (SSSR count). The molecular weight excluding hydrogens is 336 g/mol. The van der Waals surface area contributed by atoms with Gasteiger partial charge in [-0.05, 0) is 49.6 Å². The van der Waals surface area contributed by atoms with Gasteiger partial charge < -0.3 is 10.6 Å². The van der Waals surface area contributed by atoms with Gasteiger partial charge in [0.25, 0.3) is 0 Å². The number of carbonyl (C=O) groups is 1. The molecule has 1 aromatic heterocycles. The van der Waals surface area contributed by atoms with Crippen molar-refractivity contribution in [1.29, 1.82) is 0 Å². The standard InChI is InChI=1S/C19H23ClN4O/c1-13-16(20)8-5-9-17(13)22-15-10-11-18(21-12-15)24-19(25)23-14-6-3-2-4-7-14/h5,8-12,14,22H,2-4,6-7H2,1H3,(H2,21,23,24,25). The third-order valence-corrected chi connectivity index (χ3v) is 4.90. The SMILES string of the molecule is Cc1c(Cl)cccc1Nc1ccc(NC(=O)NC2CCCCC2)nc1. The first-order valence-corrected chi connectivity index (χ1v) is 9.05. The molecule has 25 heavy (non-hydrogen) atoms. The van der Waals surface area contributed by atoms with Crippen molar-refractivity contribution >= 4 is 34.8 Å². The summed E-state index contributed by atoms with van der Waals surface area (Å²) in [6.45, 7) is 1.96. The first-order valence-electron chi connectivity index (χ1n) is 8.67. The minimum atomic E-state index is -0.189. The fourth-order valence-corrected chi connectivity index (χ4v) is 3.20. The minimum Gasteiger partial charge on any atom is -0.354 e. The lowest BCUT2D eigenvalue weighted by molar-refractivity contribution is 0.244. The monoisotopic (exact) mass is 358 g/mol. The van der Waals surface area contributed by atoms with Crippen molar-refractivity contribution in [3.63, 3.8) is 0 Å². The van der Waals surface area contributed by atoms with Gasteiger partial charge in [-0.25, -0.2) is 9.78 Å². The van der Waals surface area contributed by atoms with Crippen LogP contribution in [0.1, 0.15) is 37.7 Å². The van der Waals surface area contributed by atoms with E-state index in [0.29, 0.717) is 5.82 Å². The van der Waals surface area contributed by atoms with E-state index in [4.69, 9.17) is 11.6 Å². The molecule has 0 spiro atoms. The van der Waals surface area contributed by atoms with Crippen molar-refractivity contribution < 1.29 is 4.79 Å². The van der Waals surface area contributed by atoms with Gasteiger partial charge in [-0.15, -0.1) is 0 Å². The van der Waals surface area contributed by atoms with Gasteiger partial charge in [0.05, 0.1) is 11.9 Å². The second-order valence-corrected chi connectivity index (χ2v) is 6.81. The summed E-state index contributed by atoms with van der Waals surface area (Å²) in [5.41, 5.74) is 2.76.